The lowest BCUT2D eigenvalue weighted by Crippen LogP contribution is -2.41. The summed E-state index contributed by atoms with van der Waals surface area (Å²) in [5.74, 6) is 0. The fourth-order valence-corrected chi connectivity index (χ4v) is 3.84. The van der Waals surface area contributed by atoms with Gasteiger partial charge in [0.2, 0.25) is 10.0 Å². The van der Waals surface area contributed by atoms with Gasteiger partial charge in [-0.05, 0) is 31.0 Å². The van der Waals surface area contributed by atoms with Crippen LogP contribution in [0.5, 0.6) is 0 Å². The summed E-state index contributed by atoms with van der Waals surface area (Å²) in [7, 11) is -4.41. The number of nitrogens with two attached hydrogens (primary N) is 1. The predicted molar refractivity (Wildman–Crippen MR) is 72.2 cm³/mol. The van der Waals surface area contributed by atoms with Crippen LogP contribution in [0.2, 0.25) is 0 Å². The topological polar surface area (TPSA) is 83.6 Å². The molecular formula is C12H17F3N2O3S. The normalized spacial score (nSPS) is 12.9. The van der Waals surface area contributed by atoms with Gasteiger partial charge in [0, 0.05) is 12.2 Å². The van der Waals surface area contributed by atoms with Crippen LogP contribution in [0.15, 0.2) is 17.0 Å². The van der Waals surface area contributed by atoms with Gasteiger partial charge >= 0.3 is 6.18 Å². The fourth-order valence-electron chi connectivity index (χ4n) is 1.96. The third-order valence-corrected chi connectivity index (χ3v) is 5.08. The van der Waals surface area contributed by atoms with Gasteiger partial charge in [0.05, 0.1) is 11.5 Å². The molecule has 5 nitrogen and oxygen atoms in total. The highest BCUT2D eigenvalue weighted by atomic mass is 32.2. The standard InChI is InChI=1S/C12H17F3N2O3S/c1-8-3-4-10(16)9(2)11(8)21(19,20)17(5-6-18)7-12(13,14)15/h3-4,18H,5-7,16H2,1-2H3. The highest BCUT2D eigenvalue weighted by molar-refractivity contribution is 7.89. The van der Waals surface area contributed by atoms with Gasteiger partial charge in [0.25, 0.3) is 0 Å². The number of nitrogen functional groups attached to an aromatic ring is 1. The highest BCUT2D eigenvalue weighted by Crippen LogP contribution is 2.29. The van der Waals surface area contributed by atoms with Gasteiger partial charge in [-0.1, -0.05) is 6.07 Å². The lowest BCUT2D eigenvalue weighted by molar-refractivity contribution is -0.136. The number of benzene rings is 1. The molecular weight excluding hydrogens is 309 g/mol. The molecule has 0 aliphatic heterocycles. The molecule has 0 fully saturated rings. The molecule has 0 atom stereocenters. The molecule has 21 heavy (non-hydrogen) atoms. The zero-order chi connectivity index (χ0) is 16.4. The van der Waals surface area contributed by atoms with Gasteiger partial charge in [-0.3, -0.25) is 0 Å². The van der Waals surface area contributed by atoms with Crippen molar-refractivity contribution < 1.29 is 26.7 Å². The van der Waals surface area contributed by atoms with E-state index in [9.17, 15) is 21.6 Å². The summed E-state index contributed by atoms with van der Waals surface area (Å²) < 4.78 is 62.7. The quantitative estimate of drug-likeness (QED) is 0.802. The Morgan fingerprint density at radius 2 is 1.86 bits per heavy atom. The lowest BCUT2D eigenvalue weighted by atomic mass is 10.1. The Kier molecular flexibility index (Phi) is 5.24. The third kappa shape index (κ3) is 4.08. The summed E-state index contributed by atoms with van der Waals surface area (Å²) in [5.41, 5.74) is 6.30. The monoisotopic (exact) mass is 326 g/mol. The van der Waals surface area contributed by atoms with Gasteiger partial charge in [-0.25, -0.2) is 8.42 Å². The maximum absolute atomic E-state index is 12.5. The minimum atomic E-state index is -4.70. The van der Waals surface area contributed by atoms with Crippen molar-refractivity contribution >= 4 is 15.7 Å². The Bertz CT molecular complexity index is 615. The Balaban J connectivity index is 3.40. The van der Waals surface area contributed by atoms with Gasteiger partial charge < -0.3 is 10.8 Å². The molecule has 3 N–H and O–H groups in total. The summed E-state index contributed by atoms with van der Waals surface area (Å²) in [6.07, 6.45) is -4.70. The molecule has 0 amide bonds. The number of sulfonamides is 1. The summed E-state index contributed by atoms with van der Waals surface area (Å²) >= 11 is 0. The largest absolute Gasteiger partial charge is 0.402 e. The van der Waals surface area contributed by atoms with Crippen LogP contribution >= 0.6 is 0 Å². The number of halogens is 3. The minimum absolute atomic E-state index is 0.176. The Morgan fingerprint density at radius 3 is 2.33 bits per heavy atom. The van der Waals surface area contributed by atoms with Crippen LogP contribution in [0.25, 0.3) is 0 Å². The number of anilines is 1. The van der Waals surface area contributed by atoms with Gasteiger partial charge in [-0.15, -0.1) is 0 Å². The molecule has 0 spiro atoms. The summed E-state index contributed by atoms with van der Waals surface area (Å²) in [6.45, 7) is -0.112. The zero-order valence-electron chi connectivity index (χ0n) is 11.6. The van der Waals surface area contributed by atoms with Crippen LogP contribution in [0.4, 0.5) is 18.9 Å². The van der Waals surface area contributed by atoms with Crippen LogP contribution < -0.4 is 5.73 Å². The maximum atomic E-state index is 12.5. The average molecular weight is 326 g/mol. The second kappa shape index (κ2) is 6.20. The van der Waals surface area contributed by atoms with Crippen molar-refractivity contribution in [1.82, 2.24) is 4.31 Å². The molecule has 0 saturated carbocycles. The first-order valence-electron chi connectivity index (χ1n) is 6.04. The minimum Gasteiger partial charge on any atom is -0.398 e. The van der Waals surface area contributed by atoms with Crippen LogP contribution in [-0.4, -0.2) is 43.7 Å². The van der Waals surface area contributed by atoms with Crippen LogP contribution in [0, 0.1) is 13.8 Å². The number of aryl methyl sites for hydroxylation is 1. The lowest BCUT2D eigenvalue weighted by Gasteiger charge is -2.24. The molecule has 0 saturated heterocycles. The van der Waals surface area contributed by atoms with E-state index in [-0.39, 0.29) is 20.5 Å². The zero-order valence-corrected chi connectivity index (χ0v) is 12.4. The van der Waals surface area contributed by atoms with E-state index in [1.54, 1.807) is 0 Å². The highest BCUT2D eigenvalue weighted by Gasteiger charge is 2.38. The number of aliphatic hydroxyl groups excluding tert-OH is 1. The number of nitrogens with zero attached hydrogens (tertiary/aromatic N) is 1. The third-order valence-electron chi connectivity index (χ3n) is 2.95. The van der Waals surface area contributed by atoms with E-state index in [4.69, 9.17) is 10.8 Å². The molecule has 0 bridgehead atoms. The number of hydrogen-bond donors (Lipinski definition) is 2. The molecule has 1 aromatic rings. The second-order valence-electron chi connectivity index (χ2n) is 4.60. The second-order valence-corrected chi connectivity index (χ2v) is 6.48. The maximum Gasteiger partial charge on any atom is 0.402 e. The molecule has 0 aromatic heterocycles. The molecule has 0 unspecified atom stereocenters. The molecule has 0 aliphatic carbocycles. The molecule has 1 rings (SSSR count). The first-order chi connectivity index (χ1) is 9.50. The Hall–Kier alpha value is -1.32. The van der Waals surface area contributed by atoms with Crippen molar-refractivity contribution in [2.45, 2.75) is 24.9 Å². The Labute approximate surface area is 121 Å². The van der Waals surface area contributed by atoms with Crippen molar-refractivity contribution in [2.24, 2.45) is 0 Å². The summed E-state index contributed by atoms with van der Waals surface area (Å²) in [6, 6.07) is 2.92. The summed E-state index contributed by atoms with van der Waals surface area (Å²) in [5, 5.41) is 8.84. The number of alkyl halides is 3. The average Bonchev–Trinajstić information content (AvgIpc) is 2.32. The van der Waals surface area contributed by atoms with Crippen LogP contribution in [0.1, 0.15) is 11.1 Å². The molecule has 0 radical (unpaired) electrons. The predicted octanol–water partition coefficient (Wildman–Crippen LogP) is 1.43. The van der Waals surface area contributed by atoms with Gasteiger partial charge in [0.15, 0.2) is 0 Å². The molecule has 1 aromatic carbocycles. The van der Waals surface area contributed by atoms with Crippen LogP contribution in [-0.2, 0) is 10.0 Å². The fraction of sp³-hybridized carbons (Fsp3) is 0.500. The number of hydrogen-bond acceptors (Lipinski definition) is 4. The van der Waals surface area contributed by atoms with E-state index in [1.807, 2.05) is 0 Å². The molecule has 0 aliphatic rings. The van der Waals surface area contributed by atoms with Crippen molar-refractivity contribution in [3.8, 4) is 0 Å². The van der Waals surface area contributed by atoms with Crippen molar-refractivity contribution in [3.05, 3.63) is 23.3 Å². The van der Waals surface area contributed by atoms with Gasteiger partial charge in [-0.2, -0.15) is 17.5 Å². The van der Waals surface area contributed by atoms with Crippen LogP contribution in [0.3, 0.4) is 0 Å². The number of aliphatic hydroxyl groups is 1. The van der Waals surface area contributed by atoms with Crippen molar-refractivity contribution in [1.29, 1.82) is 0 Å². The van der Waals surface area contributed by atoms with E-state index >= 15 is 0 Å². The van der Waals surface area contributed by atoms with E-state index < -0.39 is 35.9 Å². The van der Waals surface area contributed by atoms with Gasteiger partial charge in [0.1, 0.15) is 6.54 Å². The Morgan fingerprint density at radius 1 is 1.29 bits per heavy atom. The van der Waals surface area contributed by atoms with E-state index in [2.05, 4.69) is 0 Å². The molecule has 9 heteroatoms. The summed E-state index contributed by atoms with van der Waals surface area (Å²) in [4.78, 5) is -0.250. The smallest absolute Gasteiger partial charge is 0.398 e. The molecule has 120 valence electrons. The first kappa shape index (κ1) is 17.7. The van der Waals surface area contributed by atoms with Crippen molar-refractivity contribution in [2.75, 3.05) is 25.4 Å². The molecule has 0 heterocycles. The van der Waals surface area contributed by atoms with E-state index in [0.29, 0.717) is 5.56 Å². The van der Waals surface area contributed by atoms with E-state index in [0.717, 1.165) is 0 Å². The first-order valence-corrected chi connectivity index (χ1v) is 7.48. The van der Waals surface area contributed by atoms with E-state index in [1.165, 1.54) is 26.0 Å². The van der Waals surface area contributed by atoms with Crippen molar-refractivity contribution in [3.63, 3.8) is 0 Å². The number of rotatable bonds is 5. The SMILES string of the molecule is Cc1ccc(N)c(C)c1S(=O)(=O)N(CCO)CC(F)(F)F.